The van der Waals surface area contributed by atoms with Gasteiger partial charge >= 0.3 is 5.97 Å². The summed E-state index contributed by atoms with van der Waals surface area (Å²) in [5.41, 5.74) is 0. The average Bonchev–Trinajstić information content (AvgIpc) is 2.26. The Labute approximate surface area is 88.0 Å². The number of rotatable bonds is 4. The Bertz CT molecular complexity index is 238. The molecule has 6 nitrogen and oxygen atoms in total. The molecule has 1 aliphatic heterocycles. The molecule has 1 aliphatic rings. The van der Waals surface area contributed by atoms with Gasteiger partial charge in [0.25, 0.3) is 0 Å². The monoisotopic (exact) mass is 216 g/mol. The summed E-state index contributed by atoms with van der Waals surface area (Å²) in [7, 11) is 0. The summed E-state index contributed by atoms with van der Waals surface area (Å²) in [6.07, 6.45) is 0. The van der Waals surface area contributed by atoms with Crippen molar-refractivity contribution >= 4 is 11.9 Å². The first-order valence-corrected chi connectivity index (χ1v) is 4.93. The third-order valence-electron chi connectivity index (χ3n) is 2.24. The maximum atomic E-state index is 11.5. The van der Waals surface area contributed by atoms with Gasteiger partial charge in [-0.2, -0.15) is 0 Å². The quantitative estimate of drug-likeness (QED) is 0.550. The number of amides is 1. The molecule has 1 fully saturated rings. The van der Waals surface area contributed by atoms with Gasteiger partial charge in [0.15, 0.2) is 0 Å². The maximum absolute atomic E-state index is 11.5. The molecule has 3 N–H and O–H groups in total. The second-order valence-electron chi connectivity index (χ2n) is 3.57. The molecule has 0 aromatic carbocycles. The number of carboxylic acids is 1. The van der Waals surface area contributed by atoms with Gasteiger partial charge < -0.3 is 20.5 Å². The molecular formula is C9H16N2O4. The largest absolute Gasteiger partial charge is 0.481 e. The van der Waals surface area contributed by atoms with Crippen LogP contribution in [0.25, 0.3) is 0 Å². The molecule has 2 unspecified atom stereocenters. The molecule has 1 heterocycles. The lowest BCUT2D eigenvalue weighted by atomic mass is 10.2. The molecule has 0 spiro atoms. The normalized spacial score (nSPS) is 23.1. The predicted molar refractivity (Wildman–Crippen MR) is 52.4 cm³/mol. The number of aliphatic carboxylic acids is 1. The van der Waals surface area contributed by atoms with Gasteiger partial charge in [0.1, 0.15) is 6.04 Å². The predicted octanol–water partition coefficient (Wildman–Crippen LogP) is -1.19. The van der Waals surface area contributed by atoms with Gasteiger partial charge in [-0.3, -0.25) is 9.59 Å². The Hall–Kier alpha value is -1.14. The van der Waals surface area contributed by atoms with Crippen molar-refractivity contribution < 1.29 is 19.4 Å². The van der Waals surface area contributed by atoms with E-state index in [1.54, 1.807) is 6.92 Å². The van der Waals surface area contributed by atoms with E-state index >= 15 is 0 Å². The molecule has 0 saturated carbocycles. The summed E-state index contributed by atoms with van der Waals surface area (Å²) < 4.78 is 5.12. The first kappa shape index (κ1) is 11.9. The highest BCUT2D eigenvalue weighted by Crippen LogP contribution is 1.95. The Morgan fingerprint density at radius 1 is 1.67 bits per heavy atom. The SMILES string of the molecule is CC(CNC(=O)C1COCCN1)C(=O)O. The van der Waals surface area contributed by atoms with Crippen molar-refractivity contribution in [2.75, 3.05) is 26.3 Å². The van der Waals surface area contributed by atoms with Crippen LogP contribution in [0.1, 0.15) is 6.92 Å². The van der Waals surface area contributed by atoms with Gasteiger partial charge in [0.05, 0.1) is 19.1 Å². The van der Waals surface area contributed by atoms with Crippen molar-refractivity contribution in [1.82, 2.24) is 10.6 Å². The Kier molecular flexibility index (Phi) is 4.51. The molecule has 86 valence electrons. The topological polar surface area (TPSA) is 87.7 Å². The first-order valence-electron chi connectivity index (χ1n) is 4.93. The van der Waals surface area contributed by atoms with Gasteiger partial charge in [0.2, 0.25) is 5.91 Å². The molecule has 1 rings (SSSR count). The summed E-state index contributed by atoms with van der Waals surface area (Å²) >= 11 is 0. The van der Waals surface area contributed by atoms with Gasteiger partial charge in [0, 0.05) is 13.1 Å². The number of carboxylic acid groups (broad SMARTS) is 1. The zero-order valence-electron chi connectivity index (χ0n) is 8.66. The van der Waals surface area contributed by atoms with E-state index in [0.717, 1.165) is 0 Å². The number of ether oxygens (including phenoxy) is 1. The molecule has 0 radical (unpaired) electrons. The van der Waals surface area contributed by atoms with Crippen molar-refractivity contribution in [3.8, 4) is 0 Å². The minimum Gasteiger partial charge on any atom is -0.481 e. The summed E-state index contributed by atoms with van der Waals surface area (Å²) in [6.45, 7) is 3.29. The van der Waals surface area contributed by atoms with Gasteiger partial charge in [-0.1, -0.05) is 6.92 Å². The smallest absolute Gasteiger partial charge is 0.308 e. The van der Waals surface area contributed by atoms with Crippen LogP contribution in [0.5, 0.6) is 0 Å². The number of hydrogen-bond acceptors (Lipinski definition) is 4. The number of carbonyl (C=O) groups is 2. The standard InChI is InChI=1S/C9H16N2O4/c1-6(9(13)14)4-11-8(12)7-5-15-3-2-10-7/h6-7,10H,2-5H2,1H3,(H,11,12)(H,13,14). The van der Waals surface area contributed by atoms with Crippen LogP contribution >= 0.6 is 0 Å². The van der Waals surface area contributed by atoms with Gasteiger partial charge in [-0.25, -0.2) is 0 Å². The van der Waals surface area contributed by atoms with E-state index in [1.165, 1.54) is 0 Å². The third-order valence-corrected chi connectivity index (χ3v) is 2.24. The minimum atomic E-state index is -0.914. The molecule has 0 aliphatic carbocycles. The van der Waals surface area contributed by atoms with Crippen LogP contribution in [0.3, 0.4) is 0 Å². The van der Waals surface area contributed by atoms with Crippen LogP contribution in [0.15, 0.2) is 0 Å². The molecule has 1 saturated heterocycles. The van der Waals surface area contributed by atoms with Crippen LogP contribution in [0.2, 0.25) is 0 Å². The van der Waals surface area contributed by atoms with Crippen LogP contribution in [0, 0.1) is 5.92 Å². The Morgan fingerprint density at radius 2 is 2.40 bits per heavy atom. The van der Waals surface area contributed by atoms with Crippen molar-refractivity contribution in [3.05, 3.63) is 0 Å². The van der Waals surface area contributed by atoms with Crippen molar-refractivity contribution in [1.29, 1.82) is 0 Å². The summed E-state index contributed by atoms with van der Waals surface area (Å²) in [5, 5.41) is 14.2. The van der Waals surface area contributed by atoms with E-state index in [0.29, 0.717) is 19.8 Å². The van der Waals surface area contributed by atoms with E-state index in [9.17, 15) is 9.59 Å². The molecule has 1 amide bonds. The number of carbonyl (C=O) groups excluding carboxylic acids is 1. The fourth-order valence-corrected chi connectivity index (χ4v) is 1.20. The highest BCUT2D eigenvalue weighted by Gasteiger charge is 2.22. The lowest BCUT2D eigenvalue weighted by Crippen LogP contribution is -2.52. The molecule has 2 atom stereocenters. The van der Waals surface area contributed by atoms with E-state index in [-0.39, 0.29) is 18.5 Å². The molecule has 0 aromatic rings. The summed E-state index contributed by atoms with van der Waals surface area (Å²) in [5.74, 6) is -1.69. The minimum absolute atomic E-state index is 0.145. The van der Waals surface area contributed by atoms with Gasteiger partial charge in [-0.05, 0) is 0 Å². The first-order chi connectivity index (χ1) is 7.11. The summed E-state index contributed by atoms with van der Waals surface area (Å²) in [6, 6.07) is -0.361. The zero-order valence-corrected chi connectivity index (χ0v) is 8.66. The van der Waals surface area contributed by atoms with Gasteiger partial charge in [-0.15, -0.1) is 0 Å². The van der Waals surface area contributed by atoms with Crippen LogP contribution in [-0.2, 0) is 14.3 Å². The maximum Gasteiger partial charge on any atom is 0.308 e. The molecule has 6 heteroatoms. The van der Waals surface area contributed by atoms with Crippen molar-refractivity contribution in [2.45, 2.75) is 13.0 Å². The molecule has 15 heavy (non-hydrogen) atoms. The van der Waals surface area contributed by atoms with E-state index in [4.69, 9.17) is 9.84 Å². The van der Waals surface area contributed by atoms with Crippen molar-refractivity contribution in [3.63, 3.8) is 0 Å². The van der Waals surface area contributed by atoms with E-state index in [2.05, 4.69) is 10.6 Å². The lowest BCUT2D eigenvalue weighted by molar-refractivity contribution is -0.141. The fourth-order valence-electron chi connectivity index (χ4n) is 1.20. The summed E-state index contributed by atoms with van der Waals surface area (Å²) in [4.78, 5) is 22.0. The third kappa shape index (κ3) is 3.85. The number of nitrogens with one attached hydrogen (secondary N) is 2. The Balaban J connectivity index is 2.25. The van der Waals surface area contributed by atoms with Crippen LogP contribution < -0.4 is 10.6 Å². The second-order valence-corrected chi connectivity index (χ2v) is 3.57. The zero-order chi connectivity index (χ0) is 11.3. The Morgan fingerprint density at radius 3 is 2.93 bits per heavy atom. The van der Waals surface area contributed by atoms with E-state index < -0.39 is 11.9 Å². The molecule has 0 bridgehead atoms. The molecule has 0 aromatic heterocycles. The lowest BCUT2D eigenvalue weighted by Gasteiger charge is -2.23. The second kappa shape index (κ2) is 5.67. The van der Waals surface area contributed by atoms with E-state index in [1.807, 2.05) is 0 Å². The highest BCUT2D eigenvalue weighted by atomic mass is 16.5. The number of hydrogen-bond donors (Lipinski definition) is 3. The number of morpholine rings is 1. The highest BCUT2D eigenvalue weighted by molar-refractivity contribution is 5.82. The fraction of sp³-hybridized carbons (Fsp3) is 0.778. The van der Waals surface area contributed by atoms with Crippen molar-refractivity contribution in [2.24, 2.45) is 5.92 Å². The average molecular weight is 216 g/mol. The molecular weight excluding hydrogens is 200 g/mol. The van der Waals surface area contributed by atoms with Crippen LogP contribution in [0.4, 0.5) is 0 Å². The van der Waals surface area contributed by atoms with Crippen LogP contribution in [-0.4, -0.2) is 49.3 Å².